The van der Waals surface area contributed by atoms with Crippen LogP contribution in [0.3, 0.4) is 0 Å². The van der Waals surface area contributed by atoms with Gasteiger partial charge in [-0.1, -0.05) is 53.1 Å². The van der Waals surface area contributed by atoms with Gasteiger partial charge in [0.25, 0.3) is 5.91 Å². The number of aromatic nitrogens is 1. The number of amides is 1. The summed E-state index contributed by atoms with van der Waals surface area (Å²) < 4.78 is 12.1. The van der Waals surface area contributed by atoms with E-state index >= 15 is 0 Å². The molecule has 0 spiro atoms. The fraction of sp³-hybridized carbons (Fsp3) is 0.700. The Balaban J connectivity index is 2.53. The van der Waals surface area contributed by atoms with Crippen molar-refractivity contribution in [2.24, 2.45) is 0 Å². The zero-order valence-corrected chi connectivity index (χ0v) is 19.8. The highest BCUT2D eigenvalue weighted by Crippen LogP contribution is 2.42. The summed E-state index contributed by atoms with van der Waals surface area (Å²) in [4.78, 5) is 16.0. The summed E-state index contributed by atoms with van der Waals surface area (Å²) in [6.45, 7) is 15.6. The number of hydrogen-bond acceptors (Lipinski definition) is 5. The summed E-state index contributed by atoms with van der Waals surface area (Å²) in [6.07, 6.45) is -0.0882. The van der Waals surface area contributed by atoms with Crippen LogP contribution in [0.4, 0.5) is 5.82 Å². The number of aliphatic hydroxyl groups excluding tert-OH is 1. The molecule has 6 nitrogen and oxygen atoms in total. The molecule has 0 bridgehead atoms. The predicted molar refractivity (Wildman–Crippen MR) is 116 cm³/mol. The predicted octanol–water partition coefficient (Wildman–Crippen LogP) is 4.63. The molecule has 0 saturated heterocycles. The molecule has 0 unspecified atom stereocenters. The van der Waals surface area contributed by atoms with Crippen LogP contribution in [0.1, 0.15) is 48.5 Å². The zero-order valence-electron chi connectivity index (χ0n) is 18.0. The van der Waals surface area contributed by atoms with Crippen LogP contribution in [0.2, 0.25) is 21.6 Å². The van der Waals surface area contributed by atoms with Crippen molar-refractivity contribution in [1.82, 2.24) is 4.98 Å². The lowest BCUT2D eigenvalue weighted by Gasteiger charge is -2.42. The molecule has 0 aliphatic heterocycles. The second-order valence-electron chi connectivity index (χ2n) is 8.14. The lowest BCUT2D eigenvalue weighted by molar-refractivity contribution is -0.128. The number of nitrogens with zero attached hydrogens (tertiary/aromatic N) is 1. The summed E-state index contributed by atoms with van der Waals surface area (Å²) in [7, 11) is -1.96. The van der Waals surface area contributed by atoms with Gasteiger partial charge < -0.3 is 19.6 Å². The van der Waals surface area contributed by atoms with Crippen LogP contribution in [0, 0.1) is 0 Å². The topological polar surface area (TPSA) is 80.7 Å². The van der Waals surface area contributed by atoms with Crippen LogP contribution in [-0.4, -0.2) is 49.7 Å². The van der Waals surface area contributed by atoms with Crippen LogP contribution in [-0.2, 0) is 14.0 Å². The van der Waals surface area contributed by atoms with E-state index in [1.807, 2.05) is 6.92 Å². The molecule has 1 aromatic heterocycles. The largest absolute Gasteiger partial charge is 0.413 e. The Bertz CT molecular complexity index is 589. The first kappa shape index (κ1) is 25.0. The van der Waals surface area contributed by atoms with Gasteiger partial charge in [0, 0.05) is 6.20 Å². The molecule has 1 rings (SSSR count). The highest BCUT2D eigenvalue weighted by atomic mass is 35.5. The second-order valence-corrected chi connectivity index (χ2v) is 14.0. The third-order valence-corrected chi connectivity index (χ3v) is 11.4. The Kier molecular flexibility index (Phi) is 10.1. The number of nitrogens with one attached hydrogen (secondary N) is 1. The number of ether oxygens (including phenoxy) is 1. The van der Waals surface area contributed by atoms with Crippen LogP contribution in [0.5, 0.6) is 0 Å². The Morgan fingerprint density at radius 3 is 2.14 bits per heavy atom. The monoisotopic (exact) mass is 430 g/mol. The molecule has 28 heavy (non-hydrogen) atoms. The molecule has 0 saturated carbocycles. The van der Waals surface area contributed by atoms with Crippen molar-refractivity contribution < 1.29 is 19.1 Å². The van der Waals surface area contributed by atoms with Crippen molar-refractivity contribution in [2.45, 2.75) is 77.3 Å². The van der Waals surface area contributed by atoms with Gasteiger partial charge in [0.15, 0.2) is 14.4 Å². The summed E-state index contributed by atoms with van der Waals surface area (Å²) in [5, 5.41) is 13.1. The first-order valence-electron chi connectivity index (χ1n) is 9.86. The molecule has 0 fully saturated rings. The van der Waals surface area contributed by atoms with E-state index in [1.165, 1.54) is 6.20 Å². The van der Waals surface area contributed by atoms with E-state index in [0.29, 0.717) is 34.1 Å². The maximum atomic E-state index is 12.1. The molecule has 2 atom stereocenters. The number of pyridine rings is 1. The Morgan fingerprint density at radius 2 is 1.68 bits per heavy atom. The molecule has 1 aromatic rings. The average molecular weight is 431 g/mol. The molecule has 2 N–H and O–H groups in total. The van der Waals surface area contributed by atoms with Crippen molar-refractivity contribution in [1.29, 1.82) is 0 Å². The lowest BCUT2D eigenvalue weighted by Crippen LogP contribution is -2.49. The first-order chi connectivity index (χ1) is 13.0. The summed E-state index contributed by atoms with van der Waals surface area (Å²) in [6, 6.07) is 3.18. The van der Waals surface area contributed by atoms with E-state index in [4.69, 9.17) is 20.8 Å². The molecular formula is C20H35ClN2O4Si. The number of anilines is 1. The number of carbonyl (C=O) groups excluding carboxylic acids is 1. The number of rotatable bonds is 11. The SMILES string of the molecule is CC(C)[Si](OC[C@H](C)OC[C@H](O)C(=O)Nc1ccc(Cl)cn1)(C(C)C)C(C)C. The third kappa shape index (κ3) is 6.81. The van der Waals surface area contributed by atoms with Gasteiger partial charge in [-0.15, -0.1) is 0 Å². The fourth-order valence-corrected chi connectivity index (χ4v) is 9.44. The summed E-state index contributed by atoms with van der Waals surface area (Å²) >= 11 is 5.76. The van der Waals surface area contributed by atoms with Gasteiger partial charge in [0.1, 0.15) is 5.82 Å². The lowest BCUT2D eigenvalue weighted by atomic mass is 10.3. The van der Waals surface area contributed by atoms with Crippen molar-refractivity contribution in [3.63, 3.8) is 0 Å². The van der Waals surface area contributed by atoms with Crippen molar-refractivity contribution in [2.75, 3.05) is 18.5 Å². The summed E-state index contributed by atoms with van der Waals surface area (Å²) in [5.41, 5.74) is 1.47. The highest BCUT2D eigenvalue weighted by molar-refractivity contribution is 6.77. The van der Waals surface area contributed by atoms with Gasteiger partial charge in [-0.05, 0) is 35.7 Å². The van der Waals surface area contributed by atoms with E-state index in [-0.39, 0.29) is 12.7 Å². The maximum absolute atomic E-state index is 12.1. The van der Waals surface area contributed by atoms with Gasteiger partial charge in [-0.3, -0.25) is 4.79 Å². The van der Waals surface area contributed by atoms with Gasteiger partial charge in [0.2, 0.25) is 0 Å². The molecule has 8 heteroatoms. The maximum Gasteiger partial charge on any atom is 0.256 e. The van der Waals surface area contributed by atoms with E-state index in [0.717, 1.165) is 0 Å². The van der Waals surface area contributed by atoms with Crippen molar-refractivity contribution >= 4 is 31.6 Å². The normalized spacial score (nSPS) is 14.6. The standard InChI is InChI=1S/C20H35ClN2O4Si/c1-13(2)28(14(3)4,15(5)6)27-11-16(7)26-12-18(24)20(25)23-19-9-8-17(21)10-22-19/h8-10,13-16,18,24H,11-12H2,1-7H3,(H,22,23,25)/t16-,18-/m0/s1. The Morgan fingerprint density at radius 1 is 1.11 bits per heavy atom. The van der Waals surface area contributed by atoms with Gasteiger partial charge >= 0.3 is 0 Å². The molecule has 0 aromatic carbocycles. The molecule has 1 amide bonds. The summed E-state index contributed by atoms with van der Waals surface area (Å²) in [5.74, 6) is -0.246. The number of halogens is 1. The second kappa shape index (κ2) is 11.3. The Hall–Kier alpha value is -0.993. The van der Waals surface area contributed by atoms with Crippen molar-refractivity contribution in [3.05, 3.63) is 23.4 Å². The quantitative estimate of drug-likeness (QED) is 0.500. The van der Waals surface area contributed by atoms with Crippen molar-refractivity contribution in [3.8, 4) is 0 Å². The van der Waals surface area contributed by atoms with Gasteiger partial charge in [-0.25, -0.2) is 4.98 Å². The number of hydrogen-bond donors (Lipinski definition) is 2. The van der Waals surface area contributed by atoms with Crippen LogP contribution >= 0.6 is 11.6 Å². The van der Waals surface area contributed by atoms with Gasteiger partial charge in [-0.2, -0.15) is 0 Å². The molecule has 160 valence electrons. The minimum absolute atomic E-state index is 0.108. The zero-order chi connectivity index (χ0) is 21.5. The van der Waals surface area contributed by atoms with E-state index in [2.05, 4.69) is 51.8 Å². The van der Waals surface area contributed by atoms with E-state index in [1.54, 1.807) is 12.1 Å². The molecule has 1 heterocycles. The van der Waals surface area contributed by atoms with Crippen LogP contribution < -0.4 is 5.32 Å². The smallest absolute Gasteiger partial charge is 0.256 e. The molecule has 0 radical (unpaired) electrons. The molecule has 0 aliphatic carbocycles. The number of carbonyl (C=O) groups is 1. The minimum Gasteiger partial charge on any atom is -0.413 e. The molecular weight excluding hydrogens is 396 g/mol. The average Bonchev–Trinajstić information content (AvgIpc) is 2.61. The highest BCUT2D eigenvalue weighted by Gasteiger charge is 2.45. The first-order valence-corrected chi connectivity index (χ1v) is 12.4. The van der Waals surface area contributed by atoms with Crippen LogP contribution in [0.15, 0.2) is 18.3 Å². The van der Waals surface area contributed by atoms with Crippen LogP contribution in [0.25, 0.3) is 0 Å². The Labute approximate surface area is 175 Å². The molecule has 0 aliphatic rings. The van der Waals surface area contributed by atoms with E-state index in [9.17, 15) is 9.90 Å². The minimum atomic E-state index is -1.96. The fourth-order valence-electron chi connectivity index (χ4n) is 3.80. The van der Waals surface area contributed by atoms with E-state index < -0.39 is 20.3 Å². The number of aliphatic hydroxyl groups is 1. The van der Waals surface area contributed by atoms with Gasteiger partial charge in [0.05, 0.1) is 24.3 Å². The third-order valence-electron chi connectivity index (χ3n) is 5.10.